The van der Waals surface area contributed by atoms with Crippen LogP contribution < -0.4 is 5.73 Å². The molecule has 3 heteroatoms. The van der Waals surface area contributed by atoms with Gasteiger partial charge in [-0.15, -0.1) is 0 Å². The van der Waals surface area contributed by atoms with Gasteiger partial charge in [-0.05, 0) is 36.5 Å². The summed E-state index contributed by atoms with van der Waals surface area (Å²) in [5.74, 6) is 0.920. The van der Waals surface area contributed by atoms with Gasteiger partial charge in [-0.2, -0.15) is 0 Å². The second kappa shape index (κ2) is 6.30. The Kier molecular flexibility index (Phi) is 4.72. The monoisotopic (exact) mass is 263 g/mol. The minimum atomic E-state index is 0.454. The first kappa shape index (κ1) is 13.5. The van der Waals surface area contributed by atoms with E-state index in [1.165, 1.54) is 36.8 Å². The lowest BCUT2D eigenvalue weighted by atomic mass is 9.83. The molecule has 1 saturated carbocycles. The van der Waals surface area contributed by atoms with Crippen LogP contribution in [0.5, 0.6) is 0 Å². The molecule has 1 aromatic carbocycles. The summed E-state index contributed by atoms with van der Waals surface area (Å²) in [7, 11) is 0. The van der Waals surface area contributed by atoms with E-state index in [1.807, 2.05) is 12.1 Å². The van der Waals surface area contributed by atoms with Crippen LogP contribution in [0.15, 0.2) is 18.2 Å². The van der Waals surface area contributed by atoms with Crippen molar-refractivity contribution in [2.45, 2.75) is 39.2 Å². The highest BCUT2D eigenvalue weighted by atomic mass is 32.1. The maximum atomic E-state index is 5.74. The highest BCUT2D eigenvalue weighted by Gasteiger charge is 2.16. The van der Waals surface area contributed by atoms with Gasteiger partial charge in [0.15, 0.2) is 0 Å². The Hall–Kier alpha value is -0.930. The fourth-order valence-corrected chi connectivity index (χ4v) is 2.35. The fourth-order valence-electron chi connectivity index (χ4n) is 2.22. The molecule has 0 saturated heterocycles. The summed E-state index contributed by atoms with van der Waals surface area (Å²) in [5, 5.41) is 0. The fraction of sp³-hybridized carbons (Fsp3) is 0.533. The first-order chi connectivity index (χ1) is 8.66. The Morgan fingerprint density at radius 1 is 1.44 bits per heavy atom. The van der Waals surface area contributed by atoms with Crippen molar-refractivity contribution in [2.75, 3.05) is 6.61 Å². The largest absolute Gasteiger partial charge is 0.389 e. The quantitative estimate of drug-likeness (QED) is 0.631. The molecule has 0 atom stereocenters. The number of hydrogen-bond acceptors (Lipinski definition) is 2. The third kappa shape index (κ3) is 3.53. The van der Waals surface area contributed by atoms with Crippen molar-refractivity contribution < 1.29 is 4.74 Å². The Morgan fingerprint density at radius 3 is 2.78 bits per heavy atom. The first-order valence-electron chi connectivity index (χ1n) is 6.64. The summed E-state index contributed by atoms with van der Waals surface area (Å²) < 4.78 is 5.74. The van der Waals surface area contributed by atoms with Crippen LogP contribution in [-0.4, -0.2) is 11.6 Å². The van der Waals surface area contributed by atoms with E-state index in [0.717, 1.165) is 18.1 Å². The number of benzene rings is 1. The Morgan fingerprint density at radius 2 is 2.22 bits per heavy atom. The molecular weight excluding hydrogens is 242 g/mol. The van der Waals surface area contributed by atoms with E-state index in [4.69, 9.17) is 22.7 Å². The molecule has 1 aliphatic rings. The van der Waals surface area contributed by atoms with Crippen LogP contribution >= 0.6 is 12.2 Å². The van der Waals surface area contributed by atoms with Gasteiger partial charge in [0.2, 0.25) is 0 Å². The summed E-state index contributed by atoms with van der Waals surface area (Å²) in [6.07, 6.45) is 5.41. The molecular formula is C15H21NOS. The third-order valence-electron chi connectivity index (χ3n) is 3.78. The van der Waals surface area contributed by atoms with Crippen molar-refractivity contribution in [1.82, 2.24) is 0 Å². The molecule has 1 aromatic rings. The predicted octanol–water partition coefficient (Wildman–Crippen LogP) is 3.34. The molecule has 0 aliphatic heterocycles. The lowest BCUT2D eigenvalue weighted by molar-refractivity contribution is 0.0947. The minimum Gasteiger partial charge on any atom is -0.389 e. The predicted molar refractivity (Wildman–Crippen MR) is 78.7 cm³/mol. The average Bonchev–Trinajstić information content (AvgIpc) is 2.28. The Balaban J connectivity index is 1.79. The van der Waals surface area contributed by atoms with E-state index in [9.17, 15) is 0 Å². The Labute approximate surface area is 115 Å². The van der Waals surface area contributed by atoms with Gasteiger partial charge in [-0.1, -0.05) is 43.6 Å². The third-order valence-corrected chi connectivity index (χ3v) is 4.02. The first-order valence-corrected chi connectivity index (χ1v) is 7.04. The van der Waals surface area contributed by atoms with Gasteiger partial charge in [0, 0.05) is 12.2 Å². The van der Waals surface area contributed by atoms with Crippen LogP contribution in [0.2, 0.25) is 0 Å². The molecule has 0 amide bonds. The minimum absolute atomic E-state index is 0.454. The van der Waals surface area contributed by atoms with Crippen LogP contribution in [-0.2, 0) is 11.3 Å². The van der Waals surface area contributed by atoms with Gasteiger partial charge < -0.3 is 10.5 Å². The van der Waals surface area contributed by atoms with Gasteiger partial charge in [0.25, 0.3) is 0 Å². The maximum absolute atomic E-state index is 5.74. The zero-order valence-electron chi connectivity index (χ0n) is 10.9. The van der Waals surface area contributed by atoms with Crippen LogP contribution in [0.1, 0.15) is 42.4 Å². The summed E-state index contributed by atoms with van der Waals surface area (Å²) in [6.45, 7) is 3.64. The molecule has 0 spiro atoms. The summed E-state index contributed by atoms with van der Waals surface area (Å²) in [5.41, 5.74) is 8.96. The summed E-state index contributed by atoms with van der Waals surface area (Å²) in [6, 6.07) is 6.07. The molecule has 2 nitrogen and oxygen atoms in total. The highest BCUT2D eigenvalue weighted by molar-refractivity contribution is 7.80. The number of nitrogens with two attached hydrogens (primary N) is 1. The molecule has 0 aromatic heterocycles. The molecule has 1 aliphatic carbocycles. The summed E-state index contributed by atoms with van der Waals surface area (Å²) >= 11 is 4.97. The zero-order chi connectivity index (χ0) is 13.0. The molecule has 1 fully saturated rings. The van der Waals surface area contributed by atoms with Crippen LogP contribution in [0, 0.1) is 12.8 Å². The normalized spacial score (nSPS) is 15.4. The number of rotatable bonds is 6. The van der Waals surface area contributed by atoms with E-state index < -0.39 is 0 Å². The van der Waals surface area contributed by atoms with Crippen molar-refractivity contribution in [1.29, 1.82) is 0 Å². The molecule has 0 bridgehead atoms. The molecule has 2 N–H and O–H groups in total. The van der Waals surface area contributed by atoms with Gasteiger partial charge in [-0.25, -0.2) is 0 Å². The average molecular weight is 263 g/mol. The van der Waals surface area contributed by atoms with E-state index in [2.05, 4.69) is 13.0 Å². The van der Waals surface area contributed by atoms with Crippen molar-refractivity contribution in [3.63, 3.8) is 0 Å². The molecule has 18 heavy (non-hydrogen) atoms. The van der Waals surface area contributed by atoms with Gasteiger partial charge in [0.1, 0.15) is 4.99 Å². The summed E-state index contributed by atoms with van der Waals surface area (Å²) in [4.78, 5) is 0.454. The zero-order valence-corrected chi connectivity index (χ0v) is 11.8. The second-order valence-corrected chi connectivity index (χ2v) is 5.58. The van der Waals surface area contributed by atoms with E-state index in [1.54, 1.807) is 0 Å². The van der Waals surface area contributed by atoms with Crippen LogP contribution in [0.4, 0.5) is 0 Å². The standard InChI is InChI=1S/C15H21NOS/c1-11-9-13(15(16)18)5-6-14(11)10-17-8-7-12-3-2-4-12/h5-6,9,12H,2-4,7-8,10H2,1H3,(H2,16,18). The van der Waals surface area contributed by atoms with Gasteiger partial charge in [0.05, 0.1) is 6.61 Å². The van der Waals surface area contributed by atoms with Crippen molar-refractivity contribution in [2.24, 2.45) is 11.7 Å². The van der Waals surface area contributed by atoms with Crippen molar-refractivity contribution in [3.8, 4) is 0 Å². The number of ether oxygens (including phenoxy) is 1. The lowest BCUT2D eigenvalue weighted by Gasteiger charge is -2.24. The maximum Gasteiger partial charge on any atom is 0.103 e. The smallest absolute Gasteiger partial charge is 0.103 e. The van der Waals surface area contributed by atoms with Gasteiger partial charge in [-0.3, -0.25) is 0 Å². The van der Waals surface area contributed by atoms with Crippen LogP contribution in [0.25, 0.3) is 0 Å². The Bertz CT molecular complexity index is 427. The SMILES string of the molecule is Cc1cc(C(N)=S)ccc1COCCC1CCC1. The van der Waals surface area contributed by atoms with Crippen molar-refractivity contribution in [3.05, 3.63) is 34.9 Å². The van der Waals surface area contributed by atoms with Crippen molar-refractivity contribution >= 4 is 17.2 Å². The molecule has 0 heterocycles. The second-order valence-electron chi connectivity index (χ2n) is 5.14. The molecule has 2 rings (SSSR count). The highest BCUT2D eigenvalue weighted by Crippen LogP contribution is 2.29. The van der Waals surface area contributed by atoms with E-state index >= 15 is 0 Å². The number of aryl methyl sites for hydroxylation is 1. The lowest BCUT2D eigenvalue weighted by Crippen LogP contribution is -2.13. The van der Waals surface area contributed by atoms with Crippen LogP contribution in [0.3, 0.4) is 0 Å². The number of hydrogen-bond donors (Lipinski definition) is 1. The molecule has 0 radical (unpaired) electrons. The molecule has 98 valence electrons. The molecule has 0 unspecified atom stereocenters. The van der Waals surface area contributed by atoms with E-state index in [0.29, 0.717) is 11.6 Å². The van der Waals surface area contributed by atoms with Gasteiger partial charge >= 0.3 is 0 Å². The number of thiocarbonyl (C=S) groups is 1. The topological polar surface area (TPSA) is 35.2 Å². The van der Waals surface area contributed by atoms with E-state index in [-0.39, 0.29) is 0 Å².